The zero-order valence-electron chi connectivity index (χ0n) is 10.3. The zero-order valence-corrected chi connectivity index (χ0v) is 10.3. The van der Waals surface area contributed by atoms with E-state index < -0.39 is 0 Å². The van der Waals surface area contributed by atoms with E-state index in [-0.39, 0.29) is 0 Å². The van der Waals surface area contributed by atoms with Crippen LogP contribution in [0.4, 0.5) is 0 Å². The van der Waals surface area contributed by atoms with Crippen molar-refractivity contribution in [3.8, 4) is 17.2 Å². The van der Waals surface area contributed by atoms with Gasteiger partial charge < -0.3 is 0 Å². The summed E-state index contributed by atoms with van der Waals surface area (Å²) in [5.74, 6) is 0. The molecule has 0 spiro atoms. The Hall–Kier alpha value is -2.07. The summed E-state index contributed by atoms with van der Waals surface area (Å²) in [6.45, 7) is 0. The van der Waals surface area contributed by atoms with Gasteiger partial charge in [-0.25, -0.2) is 0 Å². The van der Waals surface area contributed by atoms with Crippen LogP contribution < -0.4 is 0 Å². The van der Waals surface area contributed by atoms with Crippen LogP contribution in [0.1, 0.15) is 29.5 Å². The molecule has 0 unspecified atom stereocenters. The number of hydrogen-bond donors (Lipinski definition) is 0. The Morgan fingerprint density at radius 1 is 0.889 bits per heavy atom. The molecule has 3 rings (SSSR count). The Kier molecular flexibility index (Phi) is 2.86. The van der Waals surface area contributed by atoms with Crippen molar-refractivity contribution in [1.29, 1.82) is 5.26 Å². The predicted octanol–water partition coefficient (Wildman–Crippen LogP) is 4.10. The molecule has 0 aromatic heterocycles. The van der Waals surface area contributed by atoms with Gasteiger partial charge in [0, 0.05) is 0 Å². The topological polar surface area (TPSA) is 23.8 Å². The standard InChI is InChI=1S/C17H15N/c18-12-13-8-10-15(11-9-13)17-7-3-5-14-4-1-2-6-16(14)17/h3,5,7-11H,1-2,4,6H2. The molecule has 1 aliphatic rings. The molecule has 2 aromatic rings. The van der Waals surface area contributed by atoms with Gasteiger partial charge in [0.05, 0.1) is 11.6 Å². The summed E-state index contributed by atoms with van der Waals surface area (Å²) in [5.41, 5.74) is 6.31. The maximum atomic E-state index is 8.84. The Labute approximate surface area is 108 Å². The highest BCUT2D eigenvalue weighted by Crippen LogP contribution is 2.31. The Morgan fingerprint density at radius 2 is 1.67 bits per heavy atom. The van der Waals surface area contributed by atoms with Crippen molar-refractivity contribution in [3.63, 3.8) is 0 Å². The molecule has 1 nitrogen and oxygen atoms in total. The zero-order chi connectivity index (χ0) is 12.4. The summed E-state index contributed by atoms with van der Waals surface area (Å²) in [5, 5.41) is 8.84. The van der Waals surface area contributed by atoms with E-state index in [4.69, 9.17) is 5.26 Å². The maximum absolute atomic E-state index is 8.84. The van der Waals surface area contributed by atoms with Crippen LogP contribution in [0, 0.1) is 11.3 Å². The second-order valence-electron chi connectivity index (χ2n) is 4.84. The molecule has 0 bridgehead atoms. The van der Waals surface area contributed by atoms with Crippen molar-refractivity contribution in [2.24, 2.45) is 0 Å². The van der Waals surface area contributed by atoms with Gasteiger partial charge in [0.1, 0.15) is 0 Å². The summed E-state index contributed by atoms with van der Waals surface area (Å²) in [6.07, 6.45) is 5.00. The highest BCUT2D eigenvalue weighted by molar-refractivity contribution is 5.69. The molecule has 0 aliphatic heterocycles. The molecule has 0 heterocycles. The fourth-order valence-electron chi connectivity index (χ4n) is 2.78. The van der Waals surface area contributed by atoms with Crippen molar-refractivity contribution in [2.45, 2.75) is 25.7 Å². The maximum Gasteiger partial charge on any atom is 0.0991 e. The van der Waals surface area contributed by atoms with Gasteiger partial charge in [0.25, 0.3) is 0 Å². The highest BCUT2D eigenvalue weighted by atomic mass is 14.2. The molecule has 1 aliphatic carbocycles. The van der Waals surface area contributed by atoms with Gasteiger partial charge in [-0.1, -0.05) is 30.3 Å². The quantitative estimate of drug-likeness (QED) is 0.727. The van der Waals surface area contributed by atoms with Gasteiger partial charge in [-0.05, 0) is 60.1 Å². The second-order valence-corrected chi connectivity index (χ2v) is 4.84. The first kappa shape index (κ1) is 11.0. The van der Waals surface area contributed by atoms with Crippen molar-refractivity contribution in [3.05, 3.63) is 59.2 Å². The van der Waals surface area contributed by atoms with E-state index in [1.165, 1.54) is 47.9 Å². The summed E-state index contributed by atoms with van der Waals surface area (Å²) in [6, 6.07) is 16.7. The Morgan fingerprint density at radius 3 is 2.44 bits per heavy atom. The van der Waals surface area contributed by atoms with E-state index in [0.29, 0.717) is 0 Å². The summed E-state index contributed by atoms with van der Waals surface area (Å²) in [7, 11) is 0. The van der Waals surface area contributed by atoms with Crippen molar-refractivity contribution in [1.82, 2.24) is 0 Å². The van der Waals surface area contributed by atoms with E-state index >= 15 is 0 Å². The molecular weight excluding hydrogens is 218 g/mol. The Balaban J connectivity index is 2.08. The number of fused-ring (bicyclic) bond motifs is 1. The second kappa shape index (κ2) is 4.66. The first-order valence-electron chi connectivity index (χ1n) is 6.50. The molecule has 0 radical (unpaired) electrons. The van der Waals surface area contributed by atoms with Crippen LogP contribution >= 0.6 is 0 Å². The van der Waals surface area contributed by atoms with E-state index in [1.807, 2.05) is 12.1 Å². The number of hydrogen-bond acceptors (Lipinski definition) is 1. The third kappa shape index (κ3) is 1.91. The van der Waals surface area contributed by atoms with Crippen LogP contribution in [0.2, 0.25) is 0 Å². The minimum absolute atomic E-state index is 0.726. The minimum Gasteiger partial charge on any atom is -0.192 e. The fourth-order valence-corrected chi connectivity index (χ4v) is 2.78. The minimum atomic E-state index is 0.726. The molecule has 18 heavy (non-hydrogen) atoms. The van der Waals surface area contributed by atoms with Crippen LogP contribution in [0.3, 0.4) is 0 Å². The lowest BCUT2D eigenvalue weighted by molar-refractivity contribution is 0.687. The van der Waals surface area contributed by atoms with Gasteiger partial charge in [-0.3, -0.25) is 0 Å². The smallest absolute Gasteiger partial charge is 0.0991 e. The summed E-state index contributed by atoms with van der Waals surface area (Å²) in [4.78, 5) is 0. The van der Waals surface area contributed by atoms with Crippen molar-refractivity contribution in [2.75, 3.05) is 0 Å². The van der Waals surface area contributed by atoms with Crippen molar-refractivity contribution >= 4 is 0 Å². The molecule has 0 saturated carbocycles. The largest absolute Gasteiger partial charge is 0.192 e. The molecule has 0 N–H and O–H groups in total. The molecule has 0 saturated heterocycles. The van der Waals surface area contributed by atoms with Crippen LogP contribution in [0.15, 0.2) is 42.5 Å². The first-order chi connectivity index (χ1) is 8.88. The number of nitrogens with zero attached hydrogens (tertiary/aromatic N) is 1. The number of nitriles is 1. The Bertz CT molecular complexity index is 602. The normalized spacial score (nSPS) is 13.7. The lowest BCUT2D eigenvalue weighted by atomic mass is 9.86. The SMILES string of the molecule is N#Cc1ccc(-c2cccc3c2CCCC3)cc1. The first-order valence-corrected chi connectivity index (χ1v) is 6.50. The number of aryl methyl sites for hydroxylation is 1. The molecule has 88 valence electrons. The van der Waals surface area contributed by atoms with E-state index in [2.05, 4.69) is 36.4 Å². The summed E-state index contributed by atoms with van der Waals surface area (Å²) < 4.78 is 0. The van der Waals surface area contributed by atoms with Crippen LogP contribution in [0.25, 0.3) is 11.1 Å². The van der Waals surface area contributed by atoms with E-state index in [9.17, 15) is 0 Å². The average molecular weight is 233 g/mol. The van der Waals surface area contributed by atoms with Gasteiger partial charge >= 0.3 is 0 Å². The molecule has 0 fully saturated rings. The third-order valence-corrected chi connectivity index (χ3v) is 3.72. The average Bonchev–Trinajstić information content (AvgIpc) is 2.47. The van der Waals surface area contributed by atoms with Gasteiger partial charge in [0.15, 0.2) is 0 Å². The van der Waals surface area contributed by atoms with Crippen molar-refractivity contribution < 1.29 is 0 Å². The molecule has 1 heteroatoms. The molecule has 0 amide bonds. The molecule has 0 atom stereocenters. The number of rotatable bonds is 1. The monoisotopic (exact) mass is 233 g/mol. The van der Waals surface area contributed by atoms with Crippen LogP contribution in [0.5, 0.6) is 0 Å². The third-order valence-electron chi connectivity index (χ3n) is 3.72. The van der Waals surface area contributed by atoms with Crippen LogP contribution in [-0.4, -0.2) is 0 Å². The number of benzene rings is 2. The van der Waals surface area contributed by atoms with Gasteiger partial charge in [0.2, 0.25) is 0 Å². The van der Waals surface area contributed by atoms with Crippen LogP contribution in [-0.2, 0) is 12.8 Å². The fraction of sp³-hybridized carbons (Fsp3) is 0.235. The lowest BCUT2D eigenvalue weighted by Crippen LogP contribution is -2.04. The molecular formula is C17H15N. The van der Waals surface area contributed by atoms with E-state index in [0.717, 1.165) is 5.56 Å². The molecule has 2 aromatic carbocycles. The lowest BCUT2D eigenvalue weighted by Gasteiger charge is -2.19. The highest BCUT2D eigenvalue weighted by Gasteiger charge is 2.13. The van der Waals surface area contributed by atoms with Gasteiger partial charge in [-0.15, -0.1) is 0 Å². The van der Waals surface area contributed by atoms with Gasteiger partial charge in [-0.2, -0.15) is 5.26 Å². The predicted molar refractivity (Wildman–Crippen MR) is 73.2 cm³/mol. The van der Waals surface area contributed by atoms with E-state index in [1.54, 1.807) is 0 Å². The summed E-state index contributed by atoms with van der Waals surface area (Å²) >= 11 is 0.